The molecule has 0 bridgehead atoms. The van der Waals surface area contributed by atoms with Crippen molar-refractivity contribution in [2.75, 3.05) is 19.6 Å². The molecule has 2 atom stereocenters. The molecular formula is C14H22ClN3O3. The van der Waals surface area contributed by atoms with Crippen LogP contribution in [0, 0.1) is 19.8 Å². The number of aliphatic hydroxyl groups excluding tert-OH is 1. The van der Waals surface area contributed by atoms with E-state index in [1.165, 1.54) is 6.92 Å². The molecule has 1 aromatic rings. The Hall–Kier alpha value is -1.37. The summed E-state index contributed by atoms with van der Waals surface area (Å²) in [7, 11) is 0. The molecular weight excluding hydrogens is 294 g/mol. The number of aliphatic hydroxyl groups is 1. The number of ketones is 1. The van der Waals surface area contributed by atoms with Crippen molar-refractivity contribution in [3.63, 3.8) is 0 Å². The van der Waals surface area contributed by atoms with Gasteiger partial charge in [0.05, 0.1) is 6.10 Å². The molecule has 7 heteroatoms. The fourth-order valence-corrected chi connectivity index (χ4v) is 2.74. The average molecular weight is 316 g/mol. The summed E-state index contributed by atoms with van der Waals surface area (Å²) in [6, 6.07) is 0. The van der Waals surface area contributed by atoms with Gasteiger partial charge in [0.25, 0.3) is 5.91 Å². The Labute approximate surface area is 130 Å². The molecule has 1 aromatic heterocycles. The minimum Gasteiger partial charge on any atom is -0.391 e. The van der Waals surface area contributed by atoms with Crippen molar-refractivity contribution in [1.29, 1.82) is 0 Å². The van der Waals surface area contributed by atoms with Crippen LogP contribution in [0.3, 0.4) is 0 Å². The monoisotopic (exact) mass is 315 g/mol. The lowest BCUT2D eigenvalue weighted by Crippen LogP contribution is -2.34. The molecule has 0 aromatic carbocycles. The van der Waals surface area contributed by atoms with Gasteiger partial charge in [0.2, 0.25) is 0 Å². The second kappa shape index (κ2) is 7.06. The van der Waals surface area contributed by atoms with Crippen LogP contribution >= 0.6 is 12.4 Å². The topological polar surface area (TPSA) is 94.2 Å². The van der Waals surface area contributed by atoms with Crippen molar-refractivity contribution in [3.05, 3.63) is 22.5 Å². The number of nitrogens with one attached hydrogen (secondary N) is 3. The van der Waals surface area contributed by atoms with Gasteiger partial charge in [-0.3, -0.25) is 9.59 Å². The molecule has 1 fully saturated rings. The lowest BCUT2D eigenvalue weighted by molar-refractivity contribution is 0.0922. The number of Topliss-reactive ketones (excluding diaryl/α,β-unsaturated/α-hetero) is 1. The van der Waals surface area contributed by atoms with Crippen molar-refractivity contribution in [2.45, 2.75) is 26.9 Å². The maximum atomic E-state index is 12.2. The maximum Gasteiger partial charge on any atom is 0.268 e. The van der Waals surface area contributed by atoms with Crippen LogP contribution in [-0.4, -0.2) is 47.5 Å². The molecule has 1 aliphatic heterocycles. The lowest BCUT2D eigenvalue weighted by Gasteiger charge is -2.13. The van der Waals surface area contributed by atoms with Crippen molar-refractivity contribution in [1.82, 2.24) is 15.6 Å². The highest BCUT2D eigenvalue weighted by Gasteiger charge is 2.26. The van der Waals surface area contributed by atoms with Crippen LogP contribution in [0.25, 0.3) is 0 Å². The number of aryl methyl sites for hydroxylation is 1. The van der Waals surface area contributed by atoms with Crippen LogP contribution in [-0.2, 0) is 0 Å². The molecule has 1 saturated heterocycles. The summed E-state index contributed by atoms with van der Waals surface area (Å²) in [4.78, 5) is 26.7. The van der Waals surface area contributed by atoms with Crippen LogP contribution in [0.4, 0.5) is 0 Å². The first-order chi connectivity index (χ1) is 9.41. The third-order valence-corrected chi connectivity index (χ3v) is 3.85. The van der Waals surface area contributed by atoms with Gasteiger partial charge in [-0.05, 0) is 26.3 Å². The van der Waals surface area contributed by atoms with Gasteiger partial charge >= 0.3 is 0 Å². The zero-order valence-corrected chi connectivity index (χ0v) is 13.3. The van der Waals surface area contributed by atoms with Gasteiger partial charge in [-0.2, -0.15) is 0 Å². The normalized spacial score (nSPS) is 21.0. The molecule has 6 nitrogen and oxygen atoms in total. The Morgan fingerprint density at radius 3 is 2.48 bits per heavy atom. The zero-order valence-electron chi connectivity index (χ0n) is 12.4. The maximum absolute atomic E-state index is 12.2. The average Bonchev–Trinajstić information content (AvgIpc) is 2.90. The summed E-state index contributed by atoms with van der Waals surface area (Å²) >= 11 is 0. The molecule has 2 rings (SSSR count). The van der Waals surface area contributed by atoms with E-state index < -0.39 is 6.10 Å². The number of aromatic amines is 1. The van der Waals surface area contributed by atoms with Crippen LogP contribution in [0.2, 0.25) is 0 Å². The highest BCUT2D eigenvalue weighted by atomic mass is 35.5. The van der Waals surface area contributed by atoms with E-state index in [4.69, 9.17) is 0 Å². The molecule has 118 valence electrons. The van der Waals surface area contributed by atoms with Crippen LogP contribution < -0.4 is 10.6 Å². The minimum absolute atomic E-state index is 0. The second-order valence-corrected chi connectivity index (χ2v) is 5.38. The first kappa shape index (κ1) is 17.7. The third-order valence-electron chi connectivity index (χ3n) is 3.85. The number of halogens is 1. The Kier molecular flexibility index (Phi) is 5.95. The number of amides is 1. The number of H-pyrrole nitrogens is 1. The molecule has 1 aliphatic rings. The molecule has 0 spiro atoms. The highest BCUT2D eigenvalue weighted by molar-refractivity contribution is 6.02. The molecule has 0 radical (unpaired) electrons. The van der Waals surface area contributed by atoms with Gasteiger partial charge in [-0.25, -0.2) is 0 Å². The Morgan fingerprint density at radius 2 is 2.00 bits per heavy atom. The fourth-order valence-electron chi connectivity index (χ4n) is 2.74. The highest BCUT2D eigenvalue weighted by Crippen LogP contribution is 2.18. The van der Waals surface area contributed by atoms with E-state index in [1.807, 2.05) is 0 Å². The lowest BCUT2D eigenvalue weighted by atomic mass is 10.1. The molecule has 4 N–H and O–H groups in total. The fraction of sp³-hybridized carbons (Fsp3) is 0.571. The van der Waals surface area contributed by atoms with Gasteiger partial charge in [-0.1, -0.05) is 0 Å². The molecule has 1 amide bonds. The number of carbonyl (C=O) groups is 2. The van der Waals surface area contributed by atoms with Crippen LogP contribution in [0.5, 0.6) is 0 Å². The SMILES string of the molecule is CC(=O)c1c(C)[nH]c(C(=O)NCC2CNCC2O)c1C.Cl. The van der Waals surface area contributed by atoms with Crippen molar-refractivity contribution >= 4 is 24.1 Å². The predicted octanol–water partition coefficient (Wildman–Crippen LogP) is 0.566. The number of aromatic nitrogens is 1. The van der Waals surface area contributed by atoms with Gasteiger partial charge in [0, 0.05) is 36.8 Å². The smallest absolute Gasteiger partial charge is 0.268 e. The summed E-state index contributed by atoms with van der Waals surface area (Å²) in [5.41, 5.74) is 2.39. The van der Waals surface area contributed by atoms with Crippen molar-refractivity contribution < 1.29 is 14.7 Å². The van der Waals surface area contributed by atoms with Crippen LogP contribution in [0.1, 0.15) is 39.0 Å². The van der Waals surface area contributed by atoms with E-state index in [-0.39, 0.29) is 30.0 Å². The number of β-amino-alcohol motifs (C(OH)–C–C–N with tert-alkyl or cyclic N) is 1. The standard InChI is InChI=1S/C14H21N3O3.ClH/c1-7-12(9(3)18)8(2)17-13(7)14(20)16-5-10-4-15-6-11(10)19;/h10-11,15,17,19H,4-6H2,1-3H3,(H,16,20);1H. The molecule has 2 heterocycles. The van der Waals surface area contributed by atoms with E-state index in [0.717, 1.165) is 0 Å². The molecule has 21 heavy (non-hydrogen) atoms. The largest absolute Gasteiger partial charge is 0.391 e. The molecule has 0 saturated carbocycles. The number of carbonyl (C=O) groups excluding carboxylic acids is 2. The van der Waals surface area contributed by atoms with Gasteiger partial charge in [0.1, 0.15) is 5.69 Å². The first-order valence-electron chi connectivity index (χ1n) is 6.79. The second-order valence-electron chi connectivity index (χ2n) is 5.38. The third kappa shape index (κ3) is 3.64. The Balaban J connectivity index is 0.00000220. The Morgan fingerprint density at radius 1 is 1.33 bits per heavy atom. The van der Waals surface area contributed by atoms with E-state index in [1.54, 1.807) is 13.8 Å². The van der Waals surface area contributed by atoms with Gasteiger partial charge in [-0.15, -0.1) is 12.4 Å². The summed E-state index contributed by atoms with van der Waals surface area (Å²) < 4.78 is 0. The van der Waals surface area contributed by atoms with E-state index in [2.05, 4.69) is 15.6 Å². The summed E-state index contributed by atoms with van der Waals surface area (Å²) in [5, 5.41) is 15.6. The summed E-state index contributed by atoms with van der Waals surface area (Å²) in [6.45, 7) is 6.72. The summed E-state index contributed by atoms with van der Waals surface area (Å²) in [5.74, 6) is -0.259. The molecule has 2 unspecified atom stereocenters. The quantitative estimate of drug-likeness (QED) is 0.611. The summed E-state index contributed by atoms with van der Waals surface area (Å²) in [6.07, 6.45) is -0.422. The number of hydrogen-bond acceptors (Lipinski definition) is 4. The molecule has 0 aliphatic carbocycles. The van der Waals surface area contributed by atoms with Gasteiger partial charge in [0.15, 0.2) is 5.78 Å². The van der Waals surface area contributed by atoms with Crippen molar-refractivity contribution in [3.8, 4) is 0 Å². The predicted molar refractivity (Wildman–Crippen MR) is 82.2 cm³/mol. The van der Waals surface area contributed by atoms with E-state index >= 15 is 0 Å². The van der Waals surface area contributed by atoms with E-state index in [9.17, 15) is 14.7 Å². The Bertz CT molecular complexity index is 542. The first-order valence-corrected chi connectivity index (χ1v) is 6.79. The van der Waals surface area contributed by atoms with Crippen LogP contribution in [0.15, 0.2) is 0 Å². The van der Waals surface area contributed by atoms with E-state index in [0.29, 0.717) is 42.1 Å². The minimum atomic E-state index is -0.422. The van der Waals surface area contributed by atoms with Crippen molar-refractivity contribution in [2.24, 2.45) is 5.92 Å². The number of hydrogen-bond donors (Lipinski definition) is 4. The van der Waals surface area contributed by atoms with Gasteiger partial charge < -0.3 is 20.7 Å². The number of rotatable bonds is 4. The zero-order chi connectivity index (χ0) is 14.9.